The van der Waals surface area contributed by atoms with Crippen LogP contribution in [0.4, 0.5) is 13.2 Å². The summed E-state index contributed by atoms with van der Waals surface area (Å²) in [6, 6.07) is 9.38. The van der Waals surface area contributed by atoms with E-state index >= 15 is 0 Å². The largest absolute Gasteiger partial charge is 0.508 e. The number of nitrogens with two attached hydrogens (primary N) is 1. The van der Waals surface area contributed by atoms with Gasteiger partial charge in [-0.15, -0.1) is 0 Å². The molecular formula is C17H18F3N3O. The molecule has 0 unspecified atom stereocenters. The summed E-state index contributed by atoms with van der Waals surface area (Å²) in [6.45, 7) is 4.16. The molecule has 0 saturated heterocycles. The van der Waals surface area contributed by atoms with E-state index in [0.717, 1.165) is 12.1 Å². The predicted octanol–water partition coefficient (Wildman–Crippen LogP) is 4.23. The highest BCUT2D eigenvalue weighted by molar-refractivity contribution is 5.84. The van der Waals surface area contributed by atoms with Crippen molar-refractivity contribution in [2.45, 2.75) is 26.6 Å². The van der Waals surface area contributed by atoms with Crippen molar-refractivity contribution in [3.8, 4) is 11.4 Å². The average molecular weight is 337 g/mol. The monoisotopic (exact) mass is 337 g/mol. The number of aromatic hydroxyl groups is 1. The molecule has 2 aromatic carbocycles. The van der Waals surface area contributed by atoms with Gasteiger partial charge in [0.05, 0.1) is 22.5 Å². The van der Waals surface area contributed by atoms with Crippen molar-refractivity contribution in [1.82, 2.24) is 9.78 Å². The normalized spacial score (nSPS) is 11.2. The van der Waals surface area contributed by atoms with Crippen LogP contribution in [-0.4, -0.2) is 14.9 Å². The quantitative estimate of drug-likeness (QED) is 0.735. The minimum absolute atomic E-state index is 0.0779. The van der Waals surface area contributed by atoms with Gasteiger partial charge in [-0.25, -0.2) is 4.68 Å². The second-order valence-corrected chi connectivity index (χ2v) is 4.81. The molecule has 0 atom stereocenters. The second kappa shape index (κ2) is 6.92. The van der Waals surface area contributed by atoms with E-state index in [1.54, 1.807) is 6.07 Å². The standard InChI is InChI=1S/C15H12F3N3O.C2H6/c16-15(17,18)9-1-3-10(4-2-9)21-14-6-5-11(22)7-12(14)13(8-19)20-21;1-2/h1-7,22H,8,19H2;1-2H3. The Hall–Kier alpha value is -2.54. The number of nitrogens with zero attached hydrogens (tertiary/aromatic N) is 2. The van der Waals surface area contributed by atoms with E-state index in [1.807, 2.05) is 13.8 Å². The molecular weight excluding hydrogens is 319 g/mol. The van der Waals surface area contributed by atoms with Crippen molar-refractivity contribution in [2.75, 3.05) is 0 Å². The summed E-state index contributed by atoms with van der Waals surface area (Å²) < 4.78 is 39.3. The molecule has 0 radical (unpaired) electrons. The van der Waals surface area contributed by atoms with E-state index in [1.165, 1.54) is 28.9 Å². The number of phenolic OH excluding ortho intramolecular Hbond substituents is 1. The molecule has 3 rings (SSSR count). The molecule has 4 nitrogen and oxygen atoms in total. The lowest BCUT2D eigenvalue weighted by atomic mass is 10.2. The summed E-state index contributed by atoms with van der Waals surface area (Å²) in [7, 11) is 0. The maximum Gasteiger partial charge on any atom is 0.416 e. The molecule has 3 aromatic rings. The third-order valence-corrected chi connectivity index (χ3v) is 3.37. The Morgan fingerprint density at radius 1 is 1.08 bits per heavy atom. The van der Waals surface area contributed by atoms with Crippen LogP contribution in [0.1, 0.15) is 25.1 Å². The minimum atomic E-state index is -4.38. The number of benzene rings is 2. The molecule has 0 amide bonds. The smallest absolute Gasteiger partial charge is 0.416 e. The highest BCUT2D eigenvalue weighted by atomic mass is 19.4. The van der Waals surface area contributed by atoms with Gasteiger partial charge in [-0.05, 0) is 42.5 Å². The molecule has 7 heteroatoms. The maximum atomic E-state index is 12.6. The Balaban J connectivity index is 0.00000100. The molecule has 0 saturated carbocycles. The van der Waals surface area contributed by atoms with Crippen molar-refractivity contribution in [3.63, 3.8) is 0 Å². The van der Waals surface area contributed by atoms with Crippen LogP contribution in [-0.2, 0) is 12.7 Å². The summed E-state index contributed by atoms with van der Waals surface area (Å²) in [5.74, 6) is 0.0779. The van der Waals surface area contributed by atoms with E-state index in [9.17, 15) is 18.3 Å². The molecule has 0 spiro atoms. The molecule has 0 aliphatic rings. The highest BCUT2D eigenvalue weighted by Gasteiger charge is 2.30. The molecule has 1 aromatic heterocycles. The lowest BCUT2D eigenvalue weighted by Crippen LogP contribution is -2.05. The van der Waals surface area contributed by atoms with Gasteiger partial charge in [0.25, 0.3) is 0 Å². The summed E-state index contributed by atoms with van der Waals surface area (Å²) in [5, 5.41) is 14.5. The summed E-state index contributed by atoms with van der Waals surface area (Å²) in [5.41, 5.74) is 6.63. The van der Waals surface area contributed by atoms with Gasteiger partial charge in [-0.2, -0.15) is 18.3 Å². The SMILES string of the molecule is CC.NCc1nn(-c2ccc(C(F)(F)F)cc2)c2ccc(O)cc12. The van der Waals surface area contributed by atoms with Crippen molar-refractivity contribution >= 4 is 10.9 Å². The van der Waals surface area contributed by atoms with Gasteiger partial charge in [0.1, 0.15) is 5.75 Å². The van der Waals surface area contributed by atoms with Crippen LogP contribution in [0, 0.1) is 0 Å². The van der Waals surface area contributed by atoms with Gasteiger partial charge in [0.2, 0.25) is 0 Å². The van der Waals surface area contributed by atoms with Crippen LogP contribution >= 0.6 is 0 Å². The van der Waals surface area contributed by atoms with Gasteiger partial charge in [0.15, 0.2) is 0 Å². The van der Waals surface area contributed by atoms with Crippen LogP contribution in [0.15, 0.2) is 42.5 Å². The molecule has 128 valence electrons. The second-order valence-electron chi connectivity index (χ2n) is 4.81. The first-order chi connectivity index (χ1) is 11.4. The topological polar surface area (TPSA) is 64.1 Å². The van der Waals surface area contributed by atoms with Crippen LogP contribution in [0.3, 0.4) is 0 Å². The summed E-state index contributed by atoms with van der Waals surface area (Å²) in [4.78, 5) is 0. The number of fused-ring (bicyclic) bond motifs is 1. The number of rotatable bonds is 2. The molecule has 0 bridgehead atoms. The molecule has 3 N–H and O–H groups in total. The molecule has 0 aliphatic heterocycles. The van der Waals surface area contributed by atoms with Gasteiger partial charge < -0.3 is 10.8 Å². The first-order valence-electron chi connectivity index (χ1n) is 7.48. The van der Waals surface area contributed by atoms with E-state index in [-0.39, 0.29) is 12.3 Å². The highest BCUT2D eigenvalue weighted by Crippen LogP contribution is 2.31. The fourth-order valence-corrected chi connectivity index (χ4v) is 2.31. The van der Waals surface area contributed by atoms with E-state index in [0.29, 0.717) is 22.3 Å². The zero-order valence-electron chi connectivity index (χ0n) is 13.3. The Morgan fingerprint density at radius 3 is 2.25 bits per heavy atom. The van der Waals surface area contributed by atoms with Crippen molar-refractivity contribution in [3.05, 3.63) is 53.7 Å². The summed E-state index contributed by atoms with van der Waals surface area (Å²) >= 11 is 0. The first-order valence-corrected chi connectivity index (χ1v) is 7.48. The first kappa shape index (κ1) is 17.8. The lowest BCUT2D eigenvalue weighted by Gasteiger charge is -2.08. The number of halogens is 3. The van der Waals surface area contributed by atoms with Crippen LogP contribution < -0.4 is 5.73 Å². The number of hydrogen-bond donors (Lipinski definition) is 2. The van der Waals surface area contributed by atoms with E-state index in [4.69, 9.17) is 5.73 Å². The zero-order valence-corrected chi connectivity index (χ0v) is 13.3. The van der Waals surface area contributed by atoms with Gasteiger partial charge in [-0.3, -0.25) is 0 Å². The number of alkyl halides is 3. The Labute approximate surface area is 137 Å². The van der Waals surface area contributed by atoms with Crippen molar-refractivity contribution in [1.29, 1.82) is 0 Å². The fourth-order valence-electron chi connectivity index (χ4n) is 2.31. The van der Waals surface area contributed by atoms with Crippen molar-refractivity contribution < 1.29 is 18.3 Å². The Morgan fingerprint density at radius 2 is 1.71 bits per heavy atom. The molecule has 0 fully saturated rings. The molecule has 0 aliphatic carbocycles. The number of aromatic nitrogens is 2. The third-order valence-electron chi connectivity index (χ3n) is 3.37. The van der Waals surface area contributed by atoms with Crippen LogP contribution in [0.2, 0.25) is 0 Å². The number of hydrogen-bond acceptors (Lipinski definition) is 3. The molecule has 24 heavy (non-hydrogen) atoms. The van der Waals surface area contributed by atoms with Gasteiger partial charge >= 0.3 is 6.18 Å². The maximum absolute atomic E-state index is 12.6. The lowest BCUT2D eigenvalue weighted by molar-refractivity contribution is -0.137. The minimum Gasteiger partial charge on any atom is -0.508 e. The predicted molar refractivity (Wildman–Crippen MR) is 87.0 cm³/mol. The zero-order chi connectivity index (χ0) is 17.9. The Kier molecular flexibility index (Phi) is 5.14. The van der Waals surface area contributed by atoms with Crippen LogP contribution in [0.5, 0.6) is 5.75 Å². The third kappa shape index (κ3) is 3.35. The van der Waals surface area contributed by atoms with Crippen molar-refractivity contribution in [2.24, 2.45) is 5.73 Å². The number of phenols is 1. The van der Waals surface area contributed by atoms with E-state index < -0.39 is 11.7 Å². The summed E-state index contributed by atoms with van der Waals surface area (Å²) in [6.07, 6.45) is -4.38. The van der Waals surface area contributed by atoms with Gasteiger partial charge in [0, 0.05) is 11.9 Å². The fraction of sp³-hybridized carbons (Fsp3) is 0.235. The van der Waals surface area contributed by atoms with Crippen LogP contribution in [0.25, 0.3) is 16.6 Å². The molecule has 1 heterocycles. The van der Waals surface area contributed by atoms with E-state index in [2.05, 4.69) is 5.10 Å². The average Bonchev–Trinajstić information content (AvgIpc) is 2.94. The Bertz CT molecular complexity index is 823. The van der Waals surface area contributed by atoms with Gasteiger partial charge in [-0.1, -0.05) is 13.8 Å².